The van der Waals surface area contributed by atoms with E-state index >= 15 is 0 Å². The Balaban J connectivity index is 1.87. The number of aryl methyl sites for hydroxylation is 2. The molecule has 0 bridgehead atoms. The number of hydrogen-bond donors (Lipinski definition) is 1. The maximum Gasteiger partial charge on any atom is 0.220 e. The molecular formula is C15H13N3O. The molecule has 4 heteroatoms. The standard InChI is InChI=1S/C15H13N3O/c16-9-14-13(17)6-7-15(18-14)19-12-5-4-10-2-1-3-11(10)8-12/h4-8H,1-3,17H2. The molecule has 0 spiro atoms. The van der Waals surface area contributed by atoms with Crippen LogP contribution in [0.25, 0.3) is 0 Å². The van der Waals surface area contributed by atoms with E-state index in [0.29, 0.717) is 11.6 Å². The lowest BCUT2D eigenvalue weighted by Crippen LogP contribution is -1.96. The highest BCUT2D eigenvalue weighted by atomic mass is 16.5. The molecule has 0 aliphatic heterocycles. The van der Waals surface area contributed by atoms with Crippen molar-refractivity contribution in [2.45, 2.75) is 19.3 Å². The van der Waals surface area contributed by atoms with Crippen LogP contribution in [-0.2, 0) is 12.8 Å². The van der Waals surface area contributed by atoms with Gasteiger partial charge in [-0.25, -0.2) is 4.98 Å². The number of benzene rings is 1. The maximum atomic E-state index is 8.89. The largest absolute Gasteiger partial charge is 0.439 e. The molecule has 1 heterocycles. The lowest BCUT2D eigenvalue weighted by molar-refractivity contribution is 0.462. The number of rotatable bonds is 2. The molecule has 0 saturated heterocycles. The molecule has 0 amide bonds. The molecule has 0 unspecified atom stereocenters. The molecule has 2 N–H and O–H groups in total. The van der Waals surface area contributed by atoms with Crippen molar-refractivity contribution in [2.75, 3.05) is 5.73 Å². The van der Waals surface area contributed by atoms with Crippen molar-refractivity contribution in [1.82, 2.24) is 4.98 Å². The topological polar surface area (TPSA) is 71.9 Å². The minimum absolute atomic E-state index is 0.193. The normalized spacial score (nSPS) is 12.8. The lowest BCUT2D eigenvalue weighted by atomic mass is 10.1. The first-order chi connectivity index (χ1) is 9.26. The molecule has 0 radical (unpaired) electrons. The average Bonchev–Trinajstić information content (AvgIpc) is 2.88. The number of nitriles is 1. The zero-order valence-electron chi connectivity index (χ0n) is 10.4. The van der Waals surface area contributed by atoms with Crippen molar-refractivity contribution in [3.63, 3.8) is 0 Å². The Morgan fingerprint density at radius 1 is 1.16 bits per heavy atom. The van der Waals surface area contributed by atoms with Gasteiger partial charge in [0.25, 0.3) is 0 Å². The van der Waals surface area contributed by atoms with E-state index in [-0.39, 0.29) is 5.69 Å². The second kappa shape index (κ2) is 4.62. The Hall–Kier alpha value is -2.54. The molecular weight excluding hydrogens is 238 g/mol. The average molecular weight is 251 g/mol. The quantitative estimate of drug-likeness (QED) is 0.890. The summed E-state index contributed by atoms with van der Waals surface area (Å²) in [5, 5.41) is 8.89. The Morgan fingerprint density at radius 3 is 2.84 bits per heavy atom. The number of nitrogen functional groups attached to an aromatic ring is 1. The first kappa shape index (κ1) is 11.5. The van der Waals surface area contributed by atoms with Gasteiger partial charge in [0.05, 0.1) is 5.69 Å². The number of ether oxygens (including phenoxy) is 1. The van der Waals surface area contributed by atoms with E-state index in [9.17, 15) is 0 Å². The van der Waals surface area contributed by atoms with Gasteiger partial charge in [0.1, 0.15) is 11.8 Å². The second-order valence-electron chi connectivity index (χ2n) is 4.59. The van der Waals surface area contributed by atoms with Crippen molar-refractivity contribution in [3.8, 4) is 17.7 Å². The van der Waals surface area contributed by atoms with Gasteiger partial charge < -0.3 is 10.5 Å². The van der Waals surface area contributed by atoms with Crippen LogP contribution in [0.3, 0.4) is 0 Å². The minimum Gasteiger partial charge on any atom is -0.439 e. The molecule has 2 aromatic rings. The molecule has 1 aromatic carbocycles. The molecule has 3 rings (SSSR count). The van der Waals surface area contributed by atoms with Crippen LogP contribution >= 0.6 is 0 Å². The van der Waals surface area contributed by atoms with Crippen LogP contribution in [0.4, 0.5) is 5.69 Å². The number of anilines is 1. The van der Waals surface area contributed by atoms with Gasteiger partial charge in [0, 0.05) is 6.07 Å². The third-order valence-corrected chi connectivity index (χ3v) is 3.30. The van der Waals surface area contributed by atoms with E-state index in [2.05, 4.69) is 11.1 Å². The summed E-state index contributed by atoms with van der Waals surface area (Å²) in [4.78, 5) is 4.07. The summed E-state index contributed by atoms with van der Waals surface area (Å²) in [7, 11) is 0. The van der Waals surface area contributed by atoms with Gasteiger partial charge in [-0.1, -0.05) is 6.07 Å². The van der Waals surface area contributed by atoms with Crippen molar-refractivity contribution in [2.24, 2.45) is 0 Å². The maximum absolute atomic E-state index is 8.89. The van der Waals surface area contributed by atoms with Gasteiger partial charge in [0.2, 0.25) is 5.88 Å². The highest BCUT2D eigenvalue weighted by molar-refractivity contribution is 5.51. The first-order valence-corrected chi connectivity index (χ1v) is 6.22. The third kappa shape index (κ3) is 2.23. The van der Waals surface area contributed by atoms with E-state index in [0.717, 1.165) is 18.6 Å². The number of aromatic nitrogens is 1. The van der Waals surface area contributed by atoms with Gasteiger partial charge in [-0.05, 0) is 48.6 Å². The first-order valence-electron chi connectivity index (χ1n) is 6.22. The zero-order valence-corrected chi connectivity index (χ0v) is 10.4. The Kier molecular flexibility index (Phi) is 2.81. The number of hydrogen-bond acceptors (Lipinski definition) is 4. The van der Waals surface area contributed by atoms with E-state index in [1.54, 1.807) is 12.1 Å². The van der Waals surface area contributed by atoms with Gasteiger partial charge >= 0.3 is 0 Å². The molecule has 1 aromatic heterocycles. The number of fused-ring (bicyclic) bond motifs is 1. The number of nitrogens with zero attached hydrogens (tertiary/aromatic N) is 2. The number of pyridine rings is 1. The molecule has 4 nitrogen and oxygen atoms in total. The summed E-state index contributed by atoms with van der Waals surface area (Å²) in [6.07, 6.45) is 3.46. The predicted molar refractivity (Wildman–Crippen MR) is 71.9 cm³/mol. The van der Waals surface area contributed by atoms with Crippen molar-refractivity contribution in [3.05, 3.63) is 47.2 Å². The lowest BCUT2D eigenvalue weighted by Gasteiger charge is -2.07. The van der Waals surface area contributed by atoms with E-state index in [4.69, 9.17) is 15.7 Å². The third-order valence-electron chi connectivity index (χ3n) is 3.30. The Bertz CT molecular complexity index is 674. The zero-order chi connectivity index (χ0) is 13.2. The predicted octanol–water partition coefficient (Wildman–Crippen LogP) is 2.82. The van der Waals surface area contributed by atoms with E-state index in [1.165, 1.54) is 17.5 Å². The fourth-order valence-electron chi connectivity index (χ4n) is 2.33. The SMILES string of the molecule is N#Cc1nc(Oc2ccc3c(c2)CCC3)ccc1N. The van der Waals surface area contributed by atoms with Crippen molar-refractivity contribution >= 4 is 5.69 Å². The second-order valence-corrected chi connectivity index (χ2v) is 4.59. The van der Waals surface area contributed by atoms with Crippen LogP contribution in [0.1, 0.15) is 23.2 Å². The fraction of sp³-hybridized carbons (Fsp3) is 0.200. The number of nitrogens with two attached hydrogens (primary N) is 1. The minimum atomic E-state index is 0.193. The van der Waals surface area contributed by atoms with E-state index < -0.39 is 0 Å². The summed E-state index contributed by atoms with van der Waals surface area (Å²) < 4.78 is 5.68. The Morgan fingerprint density at radius 2 is 2.00 bits per heavy atom. The summed E-state index contributed by atoms with van der Waals surface area (Å²) in [5.41, 5.74) is 8.92. The summed E-state index contributed by atoms with van der Waals surface area (Å²) in [6.45, 7) is 0. The van der Waals surface area contributed by atoms with Gasteiger partial charge in [-0.15, -0.1) is 0 Å². The van der Waals surface area contributed by atoms with Crippen molar-refractivity contribution < 1.29 is 4.74 Å². The summed E-state index contributed by atoms with van der Waals surface area (Å²) in [6, 6.07) is 11.3. The summed E-state index contributed by atoms with van der Waals surface area (Å²) >= 11 is 0. The van der Waals surface area contributed by atoms with Gasteiger partial charge in [-0.3, -0.25) is 0 Å². The van der Waals surface area contributed by atoms with Crippen LogP contribution < -0.4 is 10.5 Å². The molecule has 19 heavy (non-hydrogen) atoms. The van der Waals surface area contributed by atoms with Crippen LogP contribution in [0.15, 0.2) is 30.3 Å². The van der Waals surface area contributed by atoms with Gasteiger partial charge in [0.15, 0.2) is 5.69 Å². The molecule has 1 aliphatic carbocycles. The monoisotopic (exact) mass is 251 g/mol. The summed E-state index contributed by atoms with van der Waals surface area (Å²) in [5.74, 6) is 1.14. The van der Waals surface area contributed by atoms with Crippen LogP contribution in [0, 0.1) is 11.3 Å². The van der Waals surface area contributed by atoms with Crippen LogP contribution in [-0.4, -0.2) is 4.98 Å². The van der Waals surface area contributed by atoms with Crippen molar-refractivity contribution in [1.29, 1.82) is 5.26 Å². The Labute approximate surface area is 111 Å². The highest BCUT2D eigenvalue weighted by Gasteiger charge is 2.12. The molecule has 0 fully saturated rings. The molecule has 0 saturated carbocycles. The smallest absolute Gasteiger partial charge is 0.220 e. The fourth-order valence-corrected chi connectivity index (χ4v) is 2.33. The van der Waals surface area contributed by atoms with Crippen LogP contribution in [0.5, 0.6) is 11.6 Å². The van der Waals surface area contributed by atoms with E-state index in [1.807, 2.05) is 18.2 Å². The molecule has 0 atom stereocenters. The molecule has 1 aliphatic rings. The molecule has 94 valence electrons. The van der Waals surface area contributed by atoms with Gasteiger partial charge in [-0.2, -0.15) is 5.26 Å². The van der Waals surface area contributed by atoms with Crippen LogP contribution in [0.2, 0.25) is 0 Å². The highest BCUT2D eigenvalue weighted by Crippen LogP contribution is 2.28.